The van der Waals surface area contributed by atoms with Crippen molar-refractivity contribution >= 4 is 51.8 Å². The van der Waals surface area contributed by atoms with E-state index in [4.69, 9.17) is 11.6 Å². The highest BCUT2D eigenvalue weighted by Gasteiger charge is 2.46. The van der Waals surface area contributed by atoms with Gasteiger partial charge in [0.15, 0.2) is 0 Å². The molecule has 0 saturated carbocycles. The van der Waals surface area contributed by atoms with Crippen molar-refractivity contribution in [3.8, 4) is 11.1 Å². The highest BCUT2D eigenvalue weighted by molar-refractivity contribution is 6.31. The number of para-hydroxylation sites is 2. The van der Waals surface area contributed by atoms with Crippen LogP contribution in [0, 0.1) is 13.8 Å². The summed E-state index contributed by atoms with van der Waals surface area (Å²) in [4.78, 5) is 4.62. The minimum atomic E-state index is -0.495. The maximum absolute atomic E-state index is 6.87. The number of hydrogen-bond donors (Lipinski definition) is 0. The molecule has 0 saturated heterocycles. The summed E-state index contributed by atoms with van der Waals surface area (Å²) in [5.74, 6) is 0. The minimum Gasteiger partial charge on any atom is -0.310 e. The minimum absolute atomic E-state index is 0.495. The molecule has 0 spiro atoms. The summed E-state index contributed by atoms with van der Waals surface area (Å²) in [6, 6.07) is 69.9. The molecule has 0 heterocycles. The van der Waals surface area contributed by atoms with Crippen LogP contribution in [0.15, 0.2) is 201 Å². The Balaban J connectivity index is 1.29. The molecule has 0 N–H and O–H groups in total. The fraction of sp³-hybridized carbons (Fsp3) is 0.0566. The molecule has 0 radical (unpaired) electrons. The van der Waals surface area contributed by atoms with Gasteiger partial charge >= 0.3 is 0 Å². The van der Waals surface area contributed by atoms with Gasteiger partial charge in [-0.1, -0.05) is 157 Å². The molecule has 0 bridgehead atoms. The number of fused-ring (bicyclic) bond motifs is 3. The molecule has 8 aromatic rings. The average Bonchev–Trinajstić information content (AvgIpc) is 3.52. The molecule has 3 heteroatoms. The van der Waals surface area contributed by atoms with Gasteiger partial charge in [0.2, 0.25) is 0 Å². The van der Waals surface area contributed by atoms with E-state index in [1.807, 2.05) is 18.2 Å². The van der Waals surface area contributed by atoms with E-state index in [0.29, 0.717) is 5.02 Å². The van der Waals surface area contributed by atoms with Crippen molar-refractivity contribution in [3.63, 3.8) is 0 Å². The van der Waals surface area contributed by atoms with Gasteiger partial charge in [0, 0.05) is 39.1 Å². The Morgan fingerprint density at radius 3 is 1.55 bits per heavy atom. The van der Waals surface area contributed by atoms with E-state index in [2.05, 4.69) is 212 Å². The van der Waals surface area contributed by atoms with Crippen LogP contribution in [-0.4, -0.2) is 0 Å². The van der Waals surface area contributed by atoms with Crippen LogP contribution in [0.1, 0.15) is 38.9 Å². The van der Waals surface area contributed by atoms with Gasteiger partial charge in [-0.05, 0) is 126 Å². The second-order valence-electron chi connectivity index (χ2n) is 14.6. The van der Waals surface area contributed by atoms with Gasteiger partial charge in [-0.25, -0.2) is 0 Å². The van der Waals surface area contributed by atoms with Gasteiger partial charge in [0.05, 0.1) is 5.41 Å². The number of rotatable bonds is 9. The lowest BCUT2D eigenvalue weighted by molar-refractivity contribution is 0.766. The first-order valence-corrected chi connectivity index (χ1v) is 19.4. The lowest BCUT2D eigenvalue weighted by Crippen LogP contribution is -2.28. The number of anilines is 6. The van der Waals surface area contributed by atoms with Crippen LogP contribution in [0.3, 0.4) is 0 Å². The van der Waals surface area contributed by atoms with Crippen molar-refractivity contribution in [3.05, 3.63) is 245 Å². The van der Waals surface area contributed by atoms with Crippen molar-refractivity contribution in [2.45, 2.75) is 19.3 Å². The molecule has 1 aliphatic rings. The smallest absolute Gasteiger partial charge is 0.0713 e. The normalized spacial score (nSPS) is 12.4. The third-order valence-electron chi connectivity index (χ3n) is 11.0. The highest BCUT2D eigenvalue weighted by Crippen LogP contribution is 2.57. The topological polar surface area (TPSA) is 6.48 Å². The van der Waals surface area contributed by atoms with Gasteiger partial charge in [-0.2, -0.15) is 0 Å². The van der Waals surface area contributed by atoms with Crippen LogP contribution in [0.4, 0.5) is 34.1 Å². The van der Waals surface area contributed by atoms with E-state index >= 15 is 0 Å². The maximum Gasteiger partial charge on any atom is 0.0713 e. The standard InChI is InChI=1S/C53H41ClN2/c1-4-39-32-42(54)34-48(33-39)56(46-25-15-24-45(35-46)55(43-20-7-5-8-21-43)44-22-9-6-10-23-44)47-28-29-52-50(36-47)49-26-11-12-27-51(49)53(52,40-18-13-16-37(2)30-40)41-19-14-17-38(3)31-41/h4-36H,1H2,2-3H3. The first-order chi connectivity index (χ1) is 27.4. The van der Waals surface area contributed by atoms with E-state index in [1.54, 1.807) is 0 Å². The Bertz CT molecular complexity index is 2630. The van der Waals surface area contributed by atoms with Crippen LogP contribution >= 0.6 is 11.6 Å². The summed E-state index contributed by atoms with van der Waals surface area (Å²) in [5.41, 5.74) is 16.6. The van der Waals surface area contributed by atoms with Gasteiger partial charge in [0.25, 0.3) is 0 Å². The fourth-order valence-electron chi connectivity index (χ4n) is 8.62. The number of aryl methyl sites for hydroxylation is 2. The van der Waals surface area contributed by atoms with Crippen molar-refractivity contribution in [2.24, 2.45) is 0 Å². The lowest BCUT2D eigenvalue weighted by Gasteiger charge is -2.35. The van der Waals surface area contributed by atoms with E-state index in [9.17, 15) is 0 Å². The van der Waals surface area contributed by atoms with Gasteiger partial charge in [-0.15, -0.1) is 0 Å². The molecule has 8 aromatic carbocycles. The Labute approximate surface area is 335 Å². The van der Waals surface area contributed by atoms with Crippen molar-refractivity contribution < 1.29 is 0 Å². The van der Waals surface area contributed by atoms with Crippen LogP contribution in [0.25, 0.3) is 17.2 Å². The molecule has 0 aromatic heterocycles. The molecule has 0 unspecified atom stereocenters. The van der Waals surface area contributed by atoms with Gasteiger partial charge in [-0.3, -0.25) is 0 Å². The van der Waals surface area contributed by atoms with E-state index < -0.39 is 5.41 Å². The Kier molecular flexibility index (Phi) is 9.13. The predicted octanol–water partition coefficient (Wildman–Crippen LogP) is 14.9. The number of nitrogens with zero attached hydrogens (tertiary/aromatic N) is 2. The van der Waals surface area contributed by atoms with E-state index in [1.165, 1.54) is 44.5 Å². The number of benzene rings is 8. The summed E-state index contributed by atoms with van der Waals surface area (Å²) < 4.78 is 0. The van der Waals surface area contributed by atoms with Crippen molar-refractivity contribution in [2.75, 3.05) is 9.80 Å². The monoisotopic (exact) mass is 740 g/mol. The van der Waals surface area contributed by atoms with E-state index in [-0.39, 0.29) is 0 Å². The predicted molar refractivity (Wildman–Crippen MR) is 238 cm³/mol. The lowest BCUT2D eigenvalue weighted by atomic mass is 9.67. The third kappa shape index (κ3) is 6.09. The van der Waals surface area contributed by atoms with E-state index in [0.717, 1.165) is 39.7 Å². The SMILES string of the molecule is C=Cc1cc(Cl)cc(N(c2cccc(N(c3ccccc3)c3ccccc3)c2)c2ccc3c(c2)-c2ccccc2C3(c2cccc(C)c2)c2cccc(C)c2)c1. The van der Waals surface area contributed by atoms with Crippen LogP contribution in [0.2, 0.25) is 5.02 Å². The molecule has 270 valence electrons. The van der Waals surface area contributed by atoms with Gasteiger partial charge < -0.3 is 9.80 Å². The quantitative estimate of drug-likeness (QED) is 0.145. The molecule has 2 nitrogen and oxygen atoms in total. The number of halogens is 1. The summed E-state index contributed by atoms with van der Waals surface area (Å²) in [6.45, 7) is 8.46. The second kappa shape index (κ2) is 14.6. The van der Waals surface area contributed by atoms with Crippen molar-refractivity contribution in [1.29, 1.82) is 0 Å². The Morgan fingerprint density at radius 2 is 0.946 bits per heavy atom. The highest BCUT2D eigenvalue weighted by atomic mass is 35.5. The third-order valence-corrected chi connectivity index (χ3v) is 11.2. The molecule has 0 fully saturated rings. The zero-order valence-electron chi connectivity index (χ0n) is 31.5. The molecule has 0 amide bonds. The summed E-state index contributed by atoms with van der Waals surface area (Å²) in [7, 11) is 0. The largest absolute Gasteiger partial charge is 0.310 e. The van der Waals surface area contributed by atoms with Crippen LogP contribution in [0.5, 0.6) is 0 Å². The summed E-state index contributed by atoms with van der Waals surface area (Å²) >= 11 is 6.87. The Hall–Kier alpha value is -6.61. The molecule has 56 heavy (non-hydrogen) atoms. The Morgan fingerprint density at radius 1 is 0.429 bits per heavy atom. The first-order valence-electron chi connectivity index (χ1n) is 19.1. The second-order valence-corrected chi connectivity index (χ2v) is 15.0. The van der Waals surface area contributed by atoms with Crippen molar-refractivity contribution in [1.82, 2.24) is 0 Å². The molecular weight excluding hydrogens is 700 g/mol. The summed E-state index contributed by atoms with van der Waals surface area (Å²) in [6.07, 6.45) is 1.85. The average molecular weight is 741 g/mol. The number of hydrogen-bond acceptors (Lipinski definition) is 2. The van der Waals surface area contributed by atoms with Crippen LogP contribution < -0.4 is 9.80 Å². The van der Waals surface area contributed by atoms with Gasteiger partial charge in [0.1, 0.15) is 0 Å². The zero-order chi connectivity index (χ0) is 38.2. The maximum atomic E-state index is 6.87. The molecule has 9 rings (SSSR count). The zero-order valence-corrected chi connectivity index (χ0v) is 32.3. The first kappa shape index (κ1) is 35.1. The fourth-order valence-corrected chi connectivity index (χ4v) is 8.86. The molecule has 1 aliphatic carbocycles. The molecule has 0 aliphatic heterocycles. The summed E-state index contributed by atoms with van der Waals surface area (Å²) in [5, 5.41) is 0.651. The molecular formula is C53H41ClN2. The molecule has 0 atom stereocenters. The van der Waals surface area contributed by atoms with Crippen LogP contribution in [-0.2, 0) is 5.41 Å².